The number of pyridine rings is 1. The maximum Gasteiger partial charge on any atom is 0.253 e. The number of rotatable bonds is 6. The lowest BCUT2D eigenvalue weighted by Crippen LogP contribution is -2.37. The summed E-state index contributed by atoms with van der Waals surface area (Å²) in [5.41, 5.74) is 5.36. The Balaban J connectivity index is 1.03. The van der Waals surface area contributed by atoms with E-state index in [2.05, 4.69) is 32.5 Å². The second kappa shape index (κ2) is 10.9. The van der Waals surface area contributed by atoms with Crippen molar-refractivity contribution in [1.29, 1.82) is 0 Å². The van der Waals surface area contributed by atoms with Crippen LogP contribution in [0.5, 0.6) is 0 Å². The first kappa shape index (κ1) is 24.5. The number of benzene rings is 3. The van der Waals surface area contributed by atoms with Crippen molar-refractivity contribution in [3.05, 3.63) is 114 Å². The molecule has 0 saturated carbocycles. The molecule has 1 aliphatic heterocycles. The molecule has 0 atom stereocenters. The van der Waals surface area contributed by atoms with Gasteiger partial charge in [0, 0.05) is 35.9 Å². The summed E-state index contributed by atoms with van der Waals surface area (Å²) in [6, 6.07) is 25.4. The van der Waals surface area contributed by atoms with Gasteiger partial charge in [0.1, 0.15) is 12.7 Å². The number of anilines is 1. The monoisotopic (exact) mass is 516 g/mol. The molecule has 2 aromatic heterocycles. The summed E-state index contributed by atoms with van der Waals surface area (Å²) < 4.78 is 1.65. The Morgan fingerprint density at radius 1 is 0.923 bits per heavy atom. The van der Waals surface area contributed by atoms with Crippen molar-refractivity contribution in [2.75, 3.05) is 18.4 Å². The molecule has 0 aliphatic carbocycles. The molecule has 0 unspecified atom stereocenters. The largest absolute Gasteiger partial charge is 0.339 e. The Morgan fingerprint density at radius 2 is 1.77 bits per heavy atom. The minimum atomic E-state index is -0.0503. The zero-order chi connectivity index (χ0) is 26.6. The van der Waals surface area contributed by atoms with Gasteiger partial charge in [-0.1, -0.05) is 30.3 Å². The fraction of sp³-hybridized carbons (Fsp3) is 0.194. The molecule has 0 spiro atoms. The first-order valence-electron chi connectivity index (χ1n) is 13.1. The zero-order valence-corrected chi connectivity index (χ0v) is 21.4. The number of hydrogen-bond acceptors (Lipinski definition) is 5. The molecule has 0 bridgehead atoms. The van der Waals surface area contributed by atoms with Crippen molar-refractivity contribution in [3.63, 3.8) is 0 Å². The Kier molecular flexibility index (Phi) is 6.82. The average molecular weight is 517 g/mol. The van der Waals surface area contributed by atoms with E-state index >= 15 is 0 Å². The molecule has 1 saturated heterocycles. The molecular formula is C31H28N6O2. The van der Waals surface area contributed by atoms with Crippen molar-refractivity contribution in [2.45, 2.75) is 25.2 Å². The van der Waals surface area contributed by atoms with Gasteiger partial charge in [0.05, 0.1) is 17.6 Å². The standard InChI is InChI=1S/C31H28N6O2/c38-30(18-22-6-11-29-25(17-22)4-2-14-33-29)35-27-9-7-23(8-10-27)24-12-15-36(16-13-24)31(39)26-3-1-5-28(19-26)37-21-32-20-34-37/h1-11,14,17,19-21,24H,12-13,15-16,18H2,(H,35,38). The number of amides is 2. The molecule has 3 heterocycles. The van der Waals surface area contributed by atoms with Gasteiger partial charge in [0.2, 0.25) is 5.91 Å². The van der Waals surface area contributed by atoms with Gasteiger partial charge >= 0.3 is 0 Å². The van der Waals surface area contributed by atoms with Gasteiger partial charge < -0.3 is 10.2 Å². The first-order chi connectivity index (χ1) is 19.1. The van der Waals surface area contributed by atoms with Gasteiger partial charge in [-0.25, -0.2) is 9.67 Å². The van der Waals surface area contributed by atoms with Crippen LogP contribution >= 0.6 is 0 Å². The quantitative estimate of drug-likeness (QED) is 0.342. The number of hydrogen-bond donors (Lipinski definition) is 1. The Labute approximate surface area is 226 Å². The molecule has 8 nitrogen and oxygen atoms in total. The predicted octanol–water partition coefficient (Wildman–Crippen LogP) is 5.02. The van der Waals surface area contributed by atoms with Crippen LogP contribution in [-0.2, 0) is 11.2 Å². The van der Waals surface area contributed by atoms with E-state index in [-0.39, 0.29) is 11.8 Å². The van der Waals surface area contributed by atoms with Crippen molar-refractivity contribution in [2.24, 2.45) is 0 Å². The summed E-state index contributed by atoms with van der Waals surface area (Å²) >= 11 is 0. The maximum absolute atomic E-state index is 13.1. The van der Waals surface area contributed by atoms with E-state index < -0.39 is 0 Å². The van der Waals surface area contributed by atoms with Gasteiger partial charge in [-0.05, 0) is 78.4 Å². The first-order valence-corrected chi connectivity index (χ1v) is 13.1. The summed E-state index contributed by atoms with van der Waals surface area (Å²) in [4.78, 5) is 36.0. The Morgan fingerprint density at radius 3 is 2.56 bits per heavy atom. The van der Waals surface area contributed by atoms with E-state index in [1.54, 1.807) is 17.2 Å². The third kappa shape index (κ3) is 5.55. The number of carbonyl (C=O) groups excluding carboxylic acids is 2. The van der Waals surface area contributed by atoms with Crippen LogP contribution in [0.15, 0.2) is 97.7 Å². The maximum atomic E-state index is 13.1. The van der Waals surface area contributed by atoms with Gasteiger partial charge in [0.25, 0.3) is 5.91 Å². The molecule has 1 aliphatic rings. The van der Waals surface area contributed by atoms with Crippen LogP contribution in [0.25, 0.3) is 16.6 Å². The number of fused-ring (bicyclic) bond motifs is 1. The molecular weight excluding hydrogens is 488 g/mol. The minimum Gasteiger partial charge on any atom is -0.339 e. The second-order valence-electron chi connectivity index (χ2n) is 9.83. The fourth-order valence-electron chi connectivity index (χ4n) is 5.19. The molecule has 39 heavy (non-hydrogen) atoms. The highest BCUT2D eigenvalue weighted by Crippen LogP contribution is 2.30. The SMILES string of the molecule is O=C(Cc1ccc2ncccc2c1)Nc1ccc(C2CCN(C(=O)c3cccc(-n4cncn4)c3)CC2)cc1. The number of piperidine rings is 1. The van der Waals surface area contributed by atoms with E-state index in [4.69, 9.17) is 0 Å². The van der Waals surface area contributed by atoms with Crippen molar-refractivity contribution >= 4 is 28.4 Å². The zero-order valence-electron chi connectivity index (χ0n) is 21.4. The summed E-state index contributed by atoms with van der Waals surface area (Å²) in [6.45, 7) is 1.41. The molecule has 0 radical (unpaired) electrons. The van der Waals surface area contributed by atoms with E-state index in [1.807, 2.05) is 71.6 Å². The van der Waals surface area contributed by atoms with Gasteiger partial charge in [-0.2, -0.15) is 5.10 Å². The molecule has 6 rings (SSSR count). The van der Waals surface area contributed by atoms with Crippen LogP contribution in [0.1, 0.15) is 40.2 Å². The molecule has 5 aromatic rings. The highest BCUT2D eigenvalue weighted by Gasteiger charge is 2.25. The van der Waals surface area contributed by atoms with E-state index in [1.165, 1.54) is 11.9 Å². The fourth-order valence-corrected chi connectivity index (χ4v) is 5.19. The second-order valence-corrected chi connectivity index (χ2v) is 9.83. The summed E-state index contributed by atoms with van der Waals surface area (Å²) in [7, 11) is 0. The molecule has 194 valence electrons. The number of aromatic nitrogens is 4. The van der Waals surface area contributed by atoms with Crippen LogP contribution in [0.2, 0.25) is 0 Å². The van der Waals surface area contributed by atoms with Gasteiger partial charge in [-0.3, -0.25) is 14.6 Å². The van der Waals surface area contributed by atoms with Gasteiger partial charge in [-0.15, -0.1) is 0 Å². The summed E-state index contributed by atoms with van der Waals surface area (Å²) in [5.74, 6) is 0.369. The van der Waals surface area contributed by atoms with Gasteiger partial charge in [0.15, 0.2) is 0 Å². The van der Waals surface area contributed by atoms with E-state index in [9.17, 15) is 9.59 Å². The molecule has 2 amide bonds. The molecule has 3 aromatic carbocycles. The average Bonchev–Trinajstić information content (AvgIpc) is 3.53. The third-order valence-corrected chi connectivity index (χ3v) is 7.26. The van der Waals surface area contributed by atoms with Crippen LogP contribution < -0.4 is 5.32 Å². The van der Waals surface area contributed by atoms with Crippen LogP contribution in [0.3, 0.4) is 0 Å². The molecule has 1 fully saturated rings. The summed E-state index contributed by atoms with van der Waals surface area (Å²) in [6.07, 6.45) is 6.97. The Hall–Kier alpha value is -4.85. The summed E-state index contributed by atoms with van der Waals surface area (Å²) in [5, 5.41) is 8.18. The van der Waals surface area contributed by atoms with Crippen molar-refractivity contribution < 1.29 is 9.59 Å². The van der Waals surface area contributed by atoms with Crippen LogP contribution in [0, 0.1) is 0 Å². The molecule has 1 N–H and O–H groups in total. The van der Waals surface area contributed by atoms with E-state index in [0.717, 1.165) is 40.7 Å². The third-order valence-electron chi connectivity index (χ3n) is 7.26. The van der Waals surface area contributed by atoms with Crippen LogP contribution in [0.4, 0.5) is 5.69 Å². The van der Waals surface area contributed by atoms with Crippen molar-refractivity contribution in [1.82, 2.24) is 24.6 Å². The smallest absolute Gasteiger partial charge is 0.253 e. The minimum absolute atomic E-state index is 0.0381. The number of nitrogens with zero attached hydrogens (tertiary/aromatic N) is 5. The number of likely N-dealkylation sites (tertiary alicyclic amines) is 1. The normalized spacial score (nSPS) is 13.9. The van der Waals surface area contributed by atoms with Crippen LogP contribution in [-0.4, -0.2) is 49.6 Å². The number of nitrogens with one attached hydrogen (secondary N) is 1. The lowest BCUT2D eigenvalue weighted by atomic mass is 9.89. The highest BCUT2D eigenvalue weighted by molar-refractivity contribution is 5.95. The highest BCUT2D eigenvalue weighted by atomic mass is 16.2. The van der Waals surface area contributed by atoms with E-state index in [0.29, 0.717) is 31.0 Å². The predicted molar refractivity (Wildman–Crippen MR) is 150 cm³/mol. The lowest BCUT2D eigenvalue weighted by Gasteiger charge is -2.32. The van der Waals surface area contributed by atoms with Crippen molar-refractivity contribution in [3.8, 4) is 5.69 Å². The Bertz CT molecular complexity index is 1610. The topological polar surface area (TPSA) is 93.0 Å². The lowest BCUT2D eigenvalue weighted by molar-refractivity contribution is -0.115. The molecule has 8 heteroatoms. The number of carbonyl (C=O) groups is 2.